The SMILES string of the molecule is O=C(c1ccc(O)c(F)c1)N1CCN(CC(F)(F)F)CC1. The highest BCUT2D eigenvalue weighted by molar-refractivity contribution is 5.94. The van der Waals surface area contributed by atoms with Crippen molar-refractivity contribution in [1.82, 2.24) is 9.80 Å². The van der Waals surface area contributed by atoms with Gasteiger partial charge in [0.1, 0.15) is 0 Å². The molecule has 1 heterocycles. The lowest BCUT2D eigenvalue weighted by Gasteiger charge is -2.35. The molecule has 0 aliphatic carbocycles. The fourth-order valence-corrected chi connectivity index (χ4v) is 2.19. The van der Waals surface area contributed by atoms with Gasteiger partial charge >= 0.3 is 6.18 Å². The van der Waals surface area contributed by atoms with Gasteiger partial charge in [0.05, 0.1) is 6.54 Å². The maximum atomic E-state index is 13.2. The molecule has 0 spiro atoms. The van der Waals surface area contributed by atoms with Gasteiger partial charge in [0.25, 0.3) is 5.91 Å². The second-order valence-corrected chi connectivity index (χ2v) is 4.85. The van der Waals surface area contributed by atoms with Gasteiger partial charge in [-0.25, -0.2) is 4.39 Å². The molecule has 8 heteroatoms. The van der Waals surface area contributed by atoms with Crippen LogP contribution in [0, 0.1) is 5.82 Å². The van der Waals surface area contributed by atoms with E-state index in [4.69, 9.17) is 5.11 Å². The Balaban J connectivity index is 1.95. The number of phenolic OH excluding ortho intramolecular Hbond substituents is 1. The molecule has 2 rings (SSSR count). The van der Waals surface area contributed by atoms with E-state index in [0.29, 0.717) is 0 Å². The third-order valence-electron chi connectivity index (χ3n) is 3.26. The van der Waals surface area contributed by atoms with Gasteiger partial charge in [-0.05, 0) is 18.2 Å². The van der Waals surface area contributed by atoms with Crippen LogP contribution in [-0.4, -0.2) is 59.7 Å². The van der Waals surface area contributed by atoms with Crippen LogP contribution in [0.3, 0.4) is 0 Å². The Bertz CT molecular complexity index is 525. The standard InChI is InChI=1S/C13H14F4N2O2/c14-10-7-9(1-2-11(10)20)12(21)19-5-3-18(4-6-19)8-13(15,16)17/h1-2,7,20H,3-6,8H2. The number of benzene rings is 1. The highest BCUT2D eigenvalue weighted by atomic mass is 19.4. The maximum absolute atomic E-state index is 13.2. The maximum Gasteiger partial charge on any atom is 0.401 e. The van der Waals surface area contributed by atoms with Crippen LogP contribution in [0.4, 0.5) is 17.6 Å². The van der Waals surface area contributed by atoms with E-state index in [0.717, 1.165) is 12.1 Å². The molecule has 1 aromatic carbocycles. The molecular formula is C13H14F4N2O2. The minimum atomic E-state index is -4.26. The summed E-state index contributed by atoms with van der Waals surface area (Å²) in [6.45, 7) is -0.463. The Kier molecular flexibility index (Phi) is 4.36. The molecule has 1 aliphatic heterocycles. The van der Waals surface area contributed by atoms with Gasteiger partial charge in [-0.15, -0.1) is 0 Å². The van der Waals surface area contributed by atoms with E-state index in [-0.39, 0.29) is 31.7 Å². The molecule has 0 bridgehead atoms. The Hall–Kier alpha value is -1.83. The van der Waals surface area contributed by atoms with E-state index in [1.807, 2.05) is 0 Å². The first kappa shape index (κ1) is 15.6. The Labute approximate surface area is 118 Å². The number of hydrogen-bond donors (Lipinski definition) is 1. The molecule has 0 atom stereocenters. The molecule has 1 saturated heterocycles. The summed E-state index contributed by atoms with van der Waals surface area (Å²) in [6, 6.07) is 3.27. The van der Waals surface area contributed by atoms with Crippen LogP contribution in [-0.2, 0) is 0 Å². The molecule has 1 aromatic rings. The number of aromatic hydroxyl groups is 1. The molecule has 0 aromatic heterocycles. The lowest BCUT2D eigenvalue weighted by Crippen LogP contribution is -2.50. The zero-order valence-corrected chi connectivity index (χ0v) is 11.0. The van der Waals surface area contributed by atoms with Crippen molar-refractivity contribution in [3.8, 4) is 5.75 Å². The monoisotopic (exact) mass is 306 g/mol. The summed E-state index contributed by atoms with van der Waals surface area (Å²) in [7, 11) is 0. The van der Waals surface area contributed by atoms with Crippen LogP contribution in [0.1, 0.15) is 10.4 Å². The van der Waals surface area contributed by atoms with Gasteiger partial charge in [0.15, 0.2) is 11.6 Å². The number of carbonyl (C=O) groups is 1. The average Bonchev–Trinajstić information content (AvgIpc) is 2.40. The van der Waals surface area contributed by atoms with Crippen LogP contribution in [0.5, 0.6) is 5.75 Å². The molecule has 116 valence electrons. The zero-order chi connectivity index (χ0) is 15.6. The normalized spacial score (nSPS) is 17.0. The van der Waals surface area contributed by atoms with Crippen molar-refractivity contribution in [2.24, 2.45) is 0 Å². The highest BCUT2D eigenvalue weighted by Crippen LogP contribution is 2.20. The van der Waals surface area contributed by atoms with Gasteiger partial charge in [0, 0.05) is 31.7 Å². The van der Waals surface area contributed by atoms with Crippen molar-refractivity contribution in [3.63, 3.8) is 0 Å². The van der Waals surface area contributed by atoms with E-state index in [2.05, 4.69) is 0 Å². The van der Waals surface area contributed by atoms with Gasteiger partial charge in [-0.3, -0.25) is 9.69 Å². The second-order valence-electron chi connectivity index (χ2n) is 4.85. The highest BCUT2D eigenvalue weighted by Gasteiger charge is 2.33. The van der Waals surface area contributed by atoms with Crippen LogP contribution in [0.25, 0.3) is 0 Å². The Morgan fingerprint density at radius 2 is 1.81 bits per heavy atom. The summed E-state index contributed by atoms with van der Waals surface area (Å²) in [5.41, 5.74) is 0.0644. The topological polar surface area (TPSA) is 43.8 Å². The van der Waals surface area contributed by atoms with Crippen LogP contribution in [0.2, 0.25) is 0 Å². The smallest absolute Gasteiger partial charge is 0.401 e. The molecule has 0 saturated carbocycles. The van der Waals surface area contributed by atoms with Crippen LogP contribution < -0.4 is 0 Å². The van der Waals surface area contributed by atoms with Gasteiger partial charge < -0.3 is 10.0 Å². The van der Waals surface area contributed by atoms with E-state index in [1.165, 1.54) is 15.9 Å². The van der Waals surface area contributed by atoms with Crippen molar-refractivity contribution in [3.05, 3.63) is 29.6 Å². The first-order valence-corrected chi connectivity index (χ1v) is 6.33. The van der Waals surface area contributed by atoms with Crippen molar-refractivity contribution >= 4 is 5.91 Å². The summed E-state index contributed by atoms with van der Waals surface area (Å²) in [5.74, 6) is -1.92. The van der Waals surface area contributed by atoms with Crippen molar-refractivity contribution < 1.29 is 27.5 Å². The van der Waals surface area contributed by atoms with E-state index < -0.39 is 30.2 Å². The number of carbonyl (C=O) groups excluding carboxylic acids is 1. The van der Waals surface area contributed by atoms with Gasteiger partial charge in [-0.1, -0.05) is 0 Å². The fraction of sp³-hybridized carbons (Fsp3) is 0.462. The molecule has 1 amide bonds. The number of halogens is 4. The van der Waals surface area contributed by atoms with Crippen LogP contribution >= 0.6 is 0 Å². The van der Waals surface area contributed by atoms with Gasteiger partial charge in [0.2, 0.25) is 0 Å². The Morgan fingerprint density at radius 1 is 1.19 bits per heavy atom. The Morgan fingerprint density at radius 3 is 2.33 bits per heavy atom. The largest absolute Gasteiger partial charge is 0.505 e. The van der Waals surface area contributed by atoms with E-state index >= 15 is 0 Å². The van der Waals surface area contributed by atoms with E-state index in [9.17, 15) is 22.4 Å². The lowest BCUT2D eigenvalue weighted by atomic mass is 10.1. The third-order valence-corrected chi connectivity index (χ3v) is 3.26. The minimum Gasteiger partial charge on any atom is -0.505 e. The molecule has 0 radical (unpaired) electrons. The number of rotatable bonds is 2. The molecule has 21 heavy (non-hydrogen) atoms. The number of amides is 1. The summed E-state index contributed by atoms with van der Waals surface area (Å²) in [4.78, 5) is 14.7. The average molecular weight is 306 g/mol. The van der Waals surface area contributed by atoms with Crippen molar-refractivity contribution in [2.75, 3.05) is 32.7 Å². The predicted octanol–water partition coefficient (Wildman–Crippen LogP) is 1.85. The predicted molar refractivity (Wildman–Crippen MR) is 66.5 cm³/mol. The van der Waals surface area contributed by atoms with Crippen molar-refractivity contribution in [1.29, 1.82) is 0 Å². The summed E-state index contributed by atoms with van der Waals surface area (Å²) in [5, 5.41) is 9.07. The first-order valence-electron chi connectivity index (χ1n) is 6.33. The lowest BCUT2D eigenvalue weighted by molar-refractivity contribution is -0.148. The summed E-state index contributed by atoms with van der Waals surface area (Å²) >= 11 is 0. The number of nitrogens with zero attached hydrogens (tertiary/aromatic N) is 2. The zero-order valence-electron chi connectivity index (χ0n) is 11.0. The molecule has 1 fully saturated rings. The molecular weight excluding hydrogens is 292 g/mol. The quantitative estimate of drug-likeness (QED) is 0.848. The van der Waals surface area contributed by atoms with Crippen molar-refractivity contribution in [2.45, 2.75) is 6.18 Å². The molecule has 1 N–H and O–H groups in total. The fourth-order valence-electron chi connectivity index (χ4n) is 2.19. The number of hydrogen-bond acceptors (Lipinski definition) is 3. The number of alkyl halides is 3. The van der Waals surface area contributed by atoms with E-state index in [1.54, 1.807) is 0 Å². The minimum absolute atomic E-state index is 0.0644. The number of phenols is 1. The second kappa shape index (κ2) is 5.88. The molecule has 0 unspecified atom stereocenters. The number of piperazine rings is 1. The van der Waals surface area contributed by atoms with Crippen LogP contribution in [0.15, 0.2) is 18.2 Å². The molecule has 4 nitrogen and oxygen atoms in total. The molecule has 1 aliphatic rings. The summed E-state index contributed by atoms with van der Waals surface area (Å²) < 4.78 is 50.0. The summed E-state index contributed by atoms with van der Waals surface area (Å²) in [6.07, 6.45) is -4.26. The third kappa shape index (κ3) is 4.07. The first-order chi connectivity index (χ1) is 9.76. The van der Waals surface area contributed by atoms with Gasteiger partial charge in [-0.2, -0.15) is 13.2 Å².